The number of nitrogens with zero attached hydrogens (tertiary/aromatic N) is 1. The van der Waals surface area contributed by atoms with Gasteiger partial charge in [-0.3, -0.25) is 4.79 Å². The predicted molar refractivity (Wildman–Crippen MR) is 138 cm³/mol. The summed E-state index contributed by atoms with van der Waals surface area (Å²) in [5, 5.41) is 14.3. The maximum absolute atomic E-state index is 12.6. The lowest BCUT2D eigenvalue weighted by Crippen LogP contribution is -2.21. The Kier molecular flexibility index (Phi) is 6.14. The van der Waals surface area contributed by atoms with Crippen LogP contribution in [0.25, 0.3) is 5.76 Å². The number of aromatic hydroxyl groups is 1. The number of para-hydroxylation sites is 2. The van der Waals surface area contributed by atoms with Crippen LogP contribution in [0, 0.1) is 6.92 Å². The van der Waals surface area contributed by atoms with Crippen molar-refractivity contribution in [2.75, 3.05) is 0 Å². The first kappa shape index (κ1) is 22.2. The van der Waals surface area contributed by atoms with Crippen LogP contribution in [0.2, 0.25) is 0 Å². The van der Waals surface area contributed by atoms with Crippen molar-refractivity contribution in [3.63, 3.8) is 0 Å². The molecule has 0 unspecified atom stereocenters. The molecule has 35 heavy (non-hydrogen) atoms. The lowest BCUT2D eigenvalue weighted by atomic mass is 9.80. The van der Waals surface area contributed by atoms with E-state index in [2.05, 4.69) is 35.7 Å². The Morgan fingerprint density at radius 2 is 1.51 bits per heavy atom. The molecule has 0 spiro atoms. The Hall–Kier alpha value is -4.64. The maximum Gasteiger partial charge on any atom is 0.275 e. The van der Waals surface area contributed by atoms with E-state index in [9.17, 15) is 9.90 Å². The summed E-state index contributed by atoms with van der Waals surface area (Å²) in [6, 6.07) is 32.5. The molecule has 0 bridgehead atoms. The van der Waals surface area contributed by atoms with Gasteiger partial charge in [0.15, 0.2) is 0 Å². The molecule has 1 amide bonds. The molecule has 5 rings (SSSR count). The quantitative estimate of drug-likeness (QED) is 0.281. The van der Waals surface area contributed by atoms with Crippen LogP contribution in [-0.4, -0.2) is 17.2 Å². The third kappa shape index (κ3) is 4.44. The molecule has 172 valence electrons. The molecule has 1 aliphatic heterocycles. The average Bonchev–Trinajstić information content (AvgIpc) is 2.89. The zero-order valence-electron chi connectivity index (χ0n) is 19.2. The second-order valence-corrected chi connectivity index (χ2v) is 8.30. The second-order valence-electron chi connectivity index (χ2n) is 8.30. The molecule has 5 nitrogen and oxygen atoms in total. The summed E-state index contributed by atoms with van der Waals surface area (Å²) in [5.74, 6) is 0.720. The van der Waals surface area contributed by atoms with Gasteiger partial charge >= 0.3 is 0 Å². The number of allylic oxidation sites excluding steroid dienone is 1. The van der Waals surface area contributed by atoms with E-state index in [0.717, 1.165) is 33.6 Å². The van der Waals surface area contributed by atoms with E-state index < -0.39 is 5.91 Å². The fourth-order valence-corrected chi connectivity index (χ4v) is 4.36. The molecule has 4 aromatic carbocycles. The highest BCUT2D eigenvalue weighted by Gasteiger charge is 2.31. The molecule has 0 radical (unpaired) electrons. The number of aryl methyl sites for hydroxylation is 1. The topological polar surface area (TPSA) is 70.9 Å². The van der Waals surface area contributed by atoms with Gasteiger partial charge in [-0.25, -0.2) is 5.43 Å². The minimum atomic E-state index is -0.495. The normalized spacial score (nSPS) is 14.9. The van der Waals surface area contributed by atoms with Crippen molar-refractivity contribution >= 4 is 17.9 Å². The Balaban J connectivity index is 1.62. The zero-order chi connectivity index (χ0) is 24.2. The van der Waals surface area contributed by atoms with Gasteiger partial charge in [-0.15, -0.1) is 0 Å². The van der Waals surface area contributed by atoms with E-state index in [1.54, 1.807) is 24.4 Å². The number of ether oxygens (including phenoxy) is 1. The van der Waals surface area contributed by atoms with Gasteiger partial charge in [0, 0.05) is 22.6 Å². The van der Waals surface area contributed by atoms with Crippen molar-refractivity contribution in [1.29, 1.82) is 0 Å². The highest BCUT2D eigenvalue weighted by atomic mass is 16.5. The van der Waals surface area contributed by atoms with Crippen LogP contribution >= 0.6 is 0 Å². The van der Waals surface area contributed by atoms with Crippen LogP contribution in [0.4, 0.5) is 0 Å². The summed E-state index contributed by atoms with van der Waals surface area (Å²) >= 11 is 0. The van der Waals surface area contributed by atoms with Gasteiger partial charge in [0.2, 0.25) is 0 Å². The van der Waals surface area contributed by atoms with Crippen LogP contribution in [0.15, 0.2) is 114 Å². The molecule has 4 aromatic rings. The first-order valence-electron chi connectivity index (χ1n) is 11.4. The monoisotopic (exact) mass is 460 g/mol. The summed E-state index contributed by atoms with van der Waals surface area (Å²) in [5.41, 5.74) is 7.74. The van der Waals surface area contributed by atoms with E-state index in [1.807, 2.05) is 60.7 Å². The molecular formula is C30H24N2O3. The molecule has 0 aliphatic carbocycles. The second kappa shape index (κ2) is 9.69. The van der Waals surface area contributed by atoms with E-state index in [-0.39, 0.29) is 17.2 Å². The SMILES string of the molecule is Cc1ccccc1[C@@H]1C(C=NNC(=O)c2ccccc2O)=C(c2ccccc2)Oc2ccccc21. The largest absolute Gasteiger partial charge is 0.507 e. The number of rotatable bonds is 5. The number of hydrazone groups is 1. The number of hydrogen-bond acceptors (Lipinski definition) is 4. The summed E-state index contributed by atoms with van der Waals surface area (Å²) in [6.07, 6.45) is 1.65. The van der Waals surface area contributed by atoms with Gasteiger partial charge in [0.25, 0.3) is 5.91 Å². The third-order valence-electron chi connectivity index (χ3n) is 6.07. The standard InChI is InChI=1S/C30H24N2O3/c1-20-11-5-6-14-22(20)28-24-16-8-10-18-27(24)35-29(21-12-3-2-4-13-21)25(28)19-31-32-30(34)23-15-7-9-17-26(23)33/h2-19,28,33H,1H3,(H,32,34)/t28-/m0/s1. The summed E-state index contributed by atoms with van der Waals surface area (Å²) in [4.78, 5) is 12.6. The number of benzene rings is 4. The fourth-order valence-electron chi connectivity index (χ4n) is 4.36. The molecule has 2 N–H and O–H groups in total. The Morgan fingerprint density at radius 3 is 2.29 bits per heavy atom. The predicted octanol–water partition coefficient (Wildman–Crippen LogP) is 6.05. The van der Waals surface area contributed by atoms with Crippen molar-refractivity contribution in [2.45, 2.75) is 12.8 Å². The zero-order valence-corrected chi connectivity index (χ0v) is 19.2. The van der Waals surface area contributed by atoms with E-state index >= 15 is 0 Å². The molecule has 1 heterocycles. The highest BCUT2D eigenvalue weighted by Crippen LogP contribution is 2.45. The van der Waals surface area contributed by atoms with E-state index in [1.165, 1.54) is 6.07 Å². The van der Waals surface area contributed by atoms with Gasteiger partial charge in [-0.2, -0.15) is 5.10 Å². The van der Waals surface area contributed by atoms with Crippen molar-refractivity contribution in [3.05, 3.63) is 137 Å². The number of hydrogen-bond donors (Lipinski definition) is 2. The van der Waals surface area contributed by atoms with Gasteiger partial charge < -0.3 is 9.84 Å². The minimum Gasteiger partial charge on any atom is -0.507 e. The van der Waals surface area contributed by atoms with E-state index in [0.29, 0.717) is 5.76 Å². The van der Waals surface area contributed by atoms with Gasteiger partial charge in [0.1, 0.15) is 17.3 Å². The Bertz CT molecular complexity index is 1440. The van der Waals surface area contributed by atoms with Gasteiger partial charge in [-0.1, -0.05) is 84.9 Å². The van der Waals surface area contributed by atoms with Gasteiger partial charge in [-0.05, 0) is 36.2 Å². The average molecular weight is 461 g/mol. The van der Waals surface area contributed by atoms with Crippen molar-refractivity contribution < 1.29 is 14.6 Å². The molecule has 0 saturated carbocycles. The van der Waals surface area contributed by atoms with Crippen molar-refractivity contribution in [3.8, 4) is 11.5 Å². The molecule has 0 aromatic heterocycles. The van der Waals surface area contributed by atoms with E-state index in [4.69, 9.17) is 4.74 Å². The lowest BCUT2D eigenvalue weighted by Gasteiger charge is -2.30. The first-order chi connectivity index (χ1) is 17.1. The van der Waals surface area contributed by atoms with Crippen LogP contribution in [0.5, 0.6) is 11.5 Å². The van der Waals surface area contributed by atoms with Crippen LogP contribution in [-0.2, 0) is 0 Å². The molecule has 0 saturated heterocycles. The number of phenols is 1. The van der Waals surface area contributed by atoms with Crippen LogP contribution < -0.4 is 10.2 Å². The molecule has 0 fully saturated rings. The number of carbonyl (C=O) groups is 1. The van der Waals surface area contributed by atoms with Crippen LogP contribution in [0.1, 0.15) is 38.5 Å². The Morgan fingerprint density at radius 1 is 0.857 bits per heavy atom. The number of amides is 1. The fraction of sp³-hybridized carbons (Fsp3) is 0.0667. The number of nitrogens with one attached hydrogen (secondary N) is 1. The van der Waals surface area contributed by atoms with Crippen molar-refractivity contribution in [1.82, 2.24) is 5.43 Å². The first-order valence-corrected chi connectivity index (χ1v) is 11.4. The number of fused-ring (bicyclic) bond motifs is 1. The van der Waals surface area contributed by atoms with Gasteiger partial charge in [0.05, 0.1) is 11.8 Å². The Labute approximate surface area is 204 Å². The summed E-state index contributed by atoms with van der Waals surface area (Å²) in [7, 11) is 0. The number of carbonyl (C=O) groups excluding carboxylic acids is 1. The molecule has 1 aliphatic rings. The lowest BCUT2D eigenvalue weighted by molar-refractivity contribution is 0.0952. The van der Waals surface area contributed by atoms with Crippen molar-refractivity contribution in [2.24, 2.45) is 5.10 Å². The summed E-state index contributed by atoms with van der Waals surface area (Å²) < 4.78 is 6.42. The maximum atomic E-state index is 12.6. The number of phenolic OH excluding ortho intramolecular Hbond substituents is 1. The summed E-state index contributed by atoms with van der Waals surface area (Å²) in [6.45, 7) is 2.09. The minimum absolute atomic E-state index is 0.0999. The highest BCUT2D eigenvalue weighted by molar-refractivity contribution is 5.98. The smallest absolute Gasteiger partial charge is 0.275 e. The molecular weight excluding hydrogens is 436 g/mol. The van der Waals surface area contributed by atoms with Crippen LogP contribution in [0.3, 0.4) is 0 Å². The third-order valence-corrected chi connectivity index (χ3v) is 6.07. The molecule has 5 heteroatoms. The molecule has 1 atom stereocenters.